The number of aliphatic hydroxyl groups is 1. The lowest BCUT2D eigenvalue weighted by Gasteiger charge is -2.21. The summed E-state index contributed by atoms with van der Waals surface area (Å²) >= 11 is 0. The summed E-state index contributed by atoms with van der Waals surface area (Å²) < 4.78 is 68.3. The number of hydrogen-bond acceptors (Lipinski definition) is 15. The molecule has 96 heavy (non-hydrogen) atoms. The quantitative estimate of drug-likeness (QED) is 0.0169. The average Bonchev–Trinajstić information content (AvgIpc) is 1.22. The average molecular weight is 1400 g/mol. The van der Waals surface area contributed by atoms with Crippen molar-refractivity contribution in [3.05, 3.63) is 85.1 Å². The number of phosphoric ester groups is 2. The van der Waals surface area contributed by atoms with Crippen molar-refractivity contribution in [2.45, 2.75) is 341 Å². The van der Waals surface area contributed by atoms with E-state index in [1.165, 1.54) is 57.8 Å². The summed E-state index contributed by atoms with van der Waals surface area (Å²) in [6, 6.07) is 0. The van der Waals surface area contributed by atoms with Gasteiger partial charge >= 0.3 is 39.5 Å². The Bertz CT molecular complexity index is 2160. The number of ether oxygens (including phenoxy) is 4. The fraction of sp³-hybridized carbons (Fsp3) is 0.766. The van der Waals surface area contributed by atoms with Crippen molar-refractivity contribution in [3.8, 4) is 0 Å². The van der Waals surface area contributed by atoms with Crippen molar-refractivity contribution in [2.75, 3.05) is 39.6 Å². The number of aliphatic hydroxyl groups excluding tert-OH is 1. The van der Waals surface area contributed by atoms with Crippen LogP contribution in [0, 0.1) is 0 Å². The molecule has 0 saturated heterocycles. The maximum Gasteiger partial charge on any atom is 0.472 e. The van der Waals surface area contributed by atoms with Gasteiger partial charge in [0, 0.05) is 25.7 Å². The number of carbonyl (C=O) groups excluding carboxylic acids is 4. The van der Waals surface area contributed by atoms with Crippen LogP contribution in [0.1, 0.15) is 323 Å². The molecule has 0 saturated carbocycles. The molecule has 0 aromatic heterocycles. The van der Waals surface area contributed by atoms with Gasteiger partial charge in [-0.3, -0.25) is 37.3 Å². The lowest BCUT2D eigenvalue weighted by molar-refractivity contribution is -0.161. The molecule has 0 aliphatic rings. The SMILES string of the molecule is CCC/C=C\C/C=C\CCCCCCCC(=O)OCC(COP(=O)(O)OCC(O)COP(=O)(O)OCC(COC(=O)CCCCCCCC/C=C\C/C=C\C/C=C\CCCCC)OC(=O)CCCCCCC/C=C\CCCCCC)OC(=O)CCCCCCC/C=C\CCCC. The predicted molar refractivity (Wildman–Crippen MR) is 390 cm³/mol. The minimum Gasteiger partial charge on any atom is -0.462 e. The summed E-state index contributed by atoms with van der Waals surface area (Å²) in [5, 5.41) is 10.6. The molecule has 556 valence electrons. The van der Waals surface area contributed by atoms with Crippen molar-refractivity contribution in [3.63, 3.8) is 0 Å². The highest BCUT2D eigenvalue weighted by Crippen LogP contribution is 2.45. The maximum atomic E-state index is 13.1. The second-order valence-corrected chi connectivity index (χ2v) is 28.1. The lowest BCUT2D eigenvalue weighted by atomic mass is 10.1. The van der Waals surface area contributed by atoms with Gasteiger partial charge in [-0.2, -0.15) is 0 Å². The van der Waals surface area contributed by atoms with E-state index in [1.54, 1.807) is 0 Å². The minimum atomic E-state index is -4.97. The van der Waals surface area contributed by atoms with Gasteiger partial charge in [-0.05, 0) is 135 Å². The van der Waals surface area contributed by atoms with Gasteiger partial charge in [-0.15, -0.1) is 0 Å². The molecular weight excluding hydrogens is 1260 g/mol. The molecular formula is C77H136O17P2. The summed E-state index contributed by atoms with van der Waals surface area (Å²) in [6.07, 6.45) is 70.1. The Morgan fingerprint density at radius 3 is 0.885 bits per heavy atom. The van der Waals surface area contributed by atoms with Crippen molar-refractivity contribution < 1.29 is 80.2 Å². The van der Waals surface area contributed by atoms with Crippen molar-refractivity contribution >= 4 is 39.5 Å². The number of rotatable bonds is 71. The molecule has 0 aliphatic carbocycles. The Hall–Kier alpha value is -3.76. The third kappa shape index (κ3) is 68.8. The number of phosphoric acid groups is 2. The van der Waals surface area contributed by atoms with E-state index in [2.05, 4.69) is 113 Å². The van der Waals surface area contributed by atoms with E-state index < -0.39 is 97.5 Å². The van der Waals surface area contributed by atoms with Gasteiger partial charge in [0.2, 0.25) is 0 Å². The van der Waals surface area contributed by atoms with Gasteiger partial charge in [-0.25, -0.2) is 9.13 Å². The summed E-state index contributed by atoms with van der Waals surface area (Å²) in [4.78, 5) is 72.7. The van der Waals surface area contributed by atoms with E-state index >= 15 is 0 Å². The van der Waals surface area contributed by atoms with Crippen LogP contribution in [-0.2, 0) is 65.4 Å². The summed E-state index contributed by atoms with van der Waals surface area (Å²) in [5.41, 5.74) is 0. The second-order valence-electron chi connectivity index (χ2n) is 25.2. The van der Waals surface area contributed by atoms with Crippen molar-refractivity contribution in [1.29, 1.82) is 0 Å². The van der Waals surface area contributed by atoms with Crippen LogP contribution in [0.2, 0.25) is 0 Å². The van der Waals surface area contributed by atoms with Gasteiger partial charge in [0.25, 0.3) is 0 Å². The van der Waals surface area contributed by atoms with Crippen LogP contribution in [0.25, 0.3) is 0 Å². The number of esters is 4. The zero-order chi connectivity index (χ0) is 70.4. The first kappa shape index (κ1) is 92.2. The van der Waals surface area contributed by atoms with Gasteiger partial charge in [0.1, 0.15) is 19.3 Å². The van der Waals surface area contributed by atoms with Crippen LogP contribution in [-0.4, -0.2) is 96.7 Å². The third-order valence-corrected chi connectivity index (χ3v) is 17.7. The number of hydrogen-bond donors (Lipinski definition) is 3. The highest BCUT2D eigenvalue weighted by molar-refractivity contribution is 7.47. The Morgan fingerprint density at radius 1 is 0.292 bits per heavy atom. The monoisotopic (exact) mass is 1390 g/mol. The summed E-state index contributed by atoms with van der Waals surface area (Å²) in [6.45, 7) is 4.69. The Kier molecular flexibility index (Phi) is 67.0. The second kappa shape index (κ2) is 69.7. The molecule has 5 unspecified atom stereocenters. The van der Waals surface area contributed by atoms with Crippen LogP contribution in [0.15, 0.2) is 85.1 Å². The summed E-state index contributed by atoms with van der Waals surface area (Å²) in [7, 11) is -9.95. The zero-order valence-corrected chi connectivity index (χ0v) is 62.3. The van der Waals surface area contributed by atoms with E-state index in [0.29, 0.717) is 25.7 Å². The van der Waals surface area contributed by atoms with Crippen LogP contribution < -0.4 is 0 Å². The number of allylic oxidation sites excluding steroid dienone is 14. The molecule has 0 bridgehead atoms. The molecule has 3 N–H and O–H groups in total. The largest absolute Gasteiger partial charge is 0.472 e. The van der Waals surface area contributed by atoms with Crippen LogP contribution in [0.4, 0.5) is 0 Å². The highest BCUT2D eigenvalue weighted by Gasteiger charge is 2.30. The molecule has 17 nitrogen and oxygen atoms in total. The molecule has 0 aliphatic heterocycles. The molecule has 5 atom stereocenters. The number of carbonyl (C=O) groups is 4. The normalized spacial score (nSPS) is 14.4. The molecule has 0 aromatic carbocycles. The van der Waals surface area contributed by atoms with Crippen LogP contribution in [0.3, 0.4) is 0 Å². The Morgan fingerprint density at radius 2 is 0.542 bits per heavy atom. The topological polar surface area (TPSA) is 237 Å². The number of unbranched alkanes of at least 4 members (excludes halogenated alkanes) is 31. The predicted octanol–water partition coefficient (Wildman–Crippen LogP) is 21.4. The molecule has 0 rings (SSSR count). The van der Waals surface area contributed by atoms with Gasteiger partial charge in [0.15, 0.2) is 12.2 Å². The zero-order valence-electron chi connectivity index (χ0n) is 60.5. The van der Waals surface area contributed by atoms with Crippen LogP contribution in [0.5, 0.6) is 0 Å². The fourth-order valence-electron chi connectivity index (χ4n) is 9.95. The molecule has 0 amide bonds. The Labute approximate surface area is 583 Å². The molecule has 19 heteroatoms. The van der Waals surface area contributed by atoms with E-state index in [9.17, 15) is 43.2 Å². The van der Waals surface area contributed by atoms with E-state index in [-0.39, 0.29) is 25.7 Å². The first-order valence-electron chi connectivity index (χ1n) is 37.8. The molecule has 0 fully saturated rings. The molecule has 0 aromatic rings. The van der Waals surface area contributed by atoms with Gasteiger partial charge < -0.3 is 33.8 Å². The first-order valence-corrected chi connectivity index (χ1v) is 40.8. The van der Waals surface area contributed by atoms with Gasteiger partial charge in [-0.1, -0.05) is 248 Å². The van der Waals surface area contributed by atoms with E-state index in [4.69, 9.17) is 37.0 Å². The summed E-state index contributed by atoms with van der Waals surface area (Å²) in [5.74, 6) is -2.21. The van der Waals surface area contributed by atoms with E-state index in [0.717, 1.165) is 186 Å². The first-order chi connectivity index (χ1) is 46.7. The fourth-order valence-corrected chi connectivity index (χ4v) is 11.5. The van der Waals surface area contributed by atoms with E-state index in [1.807, 2.05) is 0 Å². The van der Waals surface area contributed by atoms with Crippen LogP contribution >= 0.6 is 15.6 Å². The highest BCUT2D eigenvalue weighted by atomic mass is 31.2. The standard InChI is InChI=1S/C77H136O17P2/c1-5-9-13-17-21-25-29-32-33-34-35-36-37-40-43-46-50-54-58-62-75(80)88-68-73(94-77(82)64-60-56-52-48-44-39-31-27-23-19-15-11-7-3)70-92-96(85,86)90-66-71(78)65-89-95(83,84)91-69-72(93-76(81)63-59-55-51-47-41-28-24-20-16-12-8-4)67-87-74(79)61-57-53-49-45-42-38-30-26-22-18-14-10-6-2/h14,18,20-21,24-27,30-33,35-36,71-73,78H,5-13,15-17,19,22-23,28-29,34,37-70H2,1-4H3,(H,83,84)(H,85,86)/b18-14-,24-20-,25-21-,30-26-,31-27-,33-32-,36-35-. The smallest absolute Gasteiger partial charge is 0.462 e. The van der Waals surface area contributed by atoms with Gasteiger partial charge in [0.05, 0.1) is 26.4 Å². The molecule has 0 radical (unpaired) electrons. The Balaban J connectivity index is 5.31. The minimum absolute atomic E-state index is 0.0823. The molecule has 0 heterocycles. The molecule has 0 spiro atoms. The van der Waals surface area contributed by atoms with Crippen molar-refractivity contribution in [1.82, 2.24) is 0 Å². The van der Waals surface area contributed by atoms with Crippen molar-refractivity contribution in [2.24, 2.45) is 0 Å². The third-order valence-electron chi connectivity index (χ3n) is 15.8. The lowest BCUT2D eigenvalue weighted by Crippen LogP contribution is -2.30. The maximum absolute atomic E-state index is 13.1.